The third-order valence-corrected chi connectivity index (χ3v) is 4.30. The number of nitrogens with one attached hydrogen (secondary N) is 1. The van der Waals surface area contributed by atoms with Crippen molar-refractivity contribution in [2.75, 3.05) is 25.0 Å². The highest BCUT2D eigenvalue weighted by Crippen LogP contribution is 2.34. The quantitative estimate of drug-likeness (QED) is 0.704. The normalized spacial score (nSPS) is 11.1. The number of hydrogen-bond donors (Lipinski definition) is 1. The van der Waals surface area contributed by atoms with Gasteiger partial charge in [0.05, 0.1) is 17.8 Å². The Bertz CT molecular complexity index is 888. The van der Waals surface area contributed by atoms with Crippen LogP contribution < -0.4 is 10.1 Å². The van der Waals surface area contributed by atoms with E-state index in [-0.39, 0.29) is 18.8 Å². The summed E-state index contributed by atoms with van der Waals surface area (Å²) >= 11 is 5.87. The molecule has 2 aromatic carbocycles. The fraction of sp³-hybridized carbons (Fsp3) is 0.300. The fourth-order valence-electron chi connectivity index (χ4n) is 2.58. The van der Waals surface area contributed by atoms with Crippen LogP contribution in [0.4, 0.5) is 18.9 Å². The molecule has 0 aliphatic carbocycles. The summed E-state index contributed by atoms with van der Waals surface area (Å²) in [6.45, 7) is 2.90. The average Bonchev–Trinajstić information content (AvgIpc) is 2.64. The van der Waals surface area contributed by atoms with E-state index in [0.717, 1.165) is 17.7 Å². The van der Waals surface area contributed by atoms with E-state index >= 15 is 0 Å². The molecule has 2 rings (SSSR count). The van der Waals surface area contributed by atoms with Crippen LogP contribution in [0.15, 0.2) is 42.5 Å². The van der Waals surface area contributed by atoms with Gasteiger partial charge in [-0.25, -0.2) is 0 Å². The Labute approximate surface area is 171 Å². The van der Waals surface area contributed by atoms with E-state index in [0.29, 0.717) is 10.8 Å². The number of likely N-dealkylation sites (N-methyl/N-ethyl adjacent to an activating group) is 1. The van der Waals surface area contributed by atoms with Crippen LogP contribution in [0.25, 0.3) is 0 Å². The van der Waals surface area contributed by atoms with Gasteiger partial charge < -0.3 is 15.0 Å². The highest BCUT2D eigenvalue weighted by molar-refractivity contribution is 6.30. The lowest BCUT2D eigenvalue weighted by molar-refractivity contribution is -0.137. The molecule has 0 radical (unpaired) electrons. The van der Waals surface area contributed by atoms with Gasteiger partial charge in [0.25, 0.3) is 5.91 Å². The Kier molecular flexibility index (Phi) is 7.50. The third-order valence-electron chi connectivity index (χ3n) is 4.06. The van der Waals surface area contributed by atoms with E-state index in [1.165, 1.54) is 17.0 Å². The average molecular weight is 429 g/mol. The second-order valence-corrected chi connectivity index (χ2v) is 6.63. The largest absolute Gasteiger partial charge is 0.483 e. The zero-order valence-electron chi connectivity index (χ0n) is 15.8. The number of rotatable bonds is 7. The number of ether oxygens (including phenoxy) is 1. The second kappa shape index (κ2) is 9.65. The molecule has 0 saturated carbocycles. The number of aryl methyl sites for hydroxylation is 1. The van der Waals surface area contributed by atoms with Crippen molar-refractivity contribution < 1.29 is 27.5 Å². The number of hydrogen-bond acceptors (Lipinski definition) is 3. The summed E-state index contributed by atoms with van der Waals surface area (Å²) in [5.74, 6) is -0.733. The monoisotopic (exact) mass is 428 g/mol. The molecule has 0 atom stereocenters. The molecule has 0 unspecified atom stereocenters. The molecule has 1 N–H and O–H groups in total. The molecule has 0 fully saturated rings. The van der Waals surface area contributed by atoms with Crippen LogP contribution in [0, 0.1) is 6.92 Å². The number of amides is 2. The van der Waals surface area contributed by atoms with Gasteiger partial charge in [-0.15, -0.1) is 0 Å². The lowest BCUT2D eigenvalue weighted by atomic mass is 10.1. The second-order valence-electron chi connectivity index (χ2n) is 6.20. The van der Waals surface area contributed by atoms with Crippen molar-refractivity contribution in [2.45, 2.75) is 20.0 Å². The lowest BCUT2D eigenvalue weighted by Gasteiger charge is -2.21. The van der Waals surface area contributed by atoms with E-state index in [1.807, 2.05) is 0 Å². The molecule has 9 heteroatoms. The molecule has 0 saturated heterocycles. The predicted molar refractivity (Wildman–Crippen MR) is 104 cm³/mol. The van der Waals surface area contributed by atoms with Gasteiger partial charge in [0, 0.05) is 11.6 Å². The topological polar surface area (TPSA) is 58.6 Å². The molecule has 0 bridgehead atoms. The Morgan fingerprint density at radius 1 is 1.17 bits per heavy atom. The first-order chi connectivity index (χ1) is 13.6. The van der Waals surface area contributed by atoms with Crippen LogP contribution in [0.3, 0.4) is 0 Å². The van der Waals surface area contributed by atoms with Crippen LogP contribution in [0.5, 0.6) is 5.75 Å². The van der Waals surface area contributed by atoms with E-state index in [4.69, 9.17) is 16.3 Å². The van der Waals surface area contributed by atoms with Crippen molar-refractivity contribution in [3.63, 3.8) is 0 Å². The van der Waals surface area contributed by atoms with Crippen molar-refractivity contribution in [3.8, 4) is 5.75 Å². The summed E-state index contributed by atoms with van der Waals surface area (Å²) in [5.41, 5.74) is -0.569. The maximum atomic E-state index is 13.0. The number of alkyl halides is 3. The van der Waals surface area contributed by atoms with Gasteiger partial charge in [-0.2, -0.15) is 13.2 Å². The molecule has 0 heterocycles. The number of anilines is 1. The van der Waals surface area contributed by atoms with Gasteiger partial charge in [0.15, 0.2) is 6.61 Å². The summed E-state index contributed by atoms with van der Waals surface area (Å²) in [6, 6.07) is 9.59. The van der Waals surface area contributed by atoms with Crippen molar-refractivity contribution in [3.05, 3.63) is 58.6 Å². The molecule has 0 aliphatic heterocycles. The van der Waals surface area contributed by atoms with E-state index in [9.17, 15) is 22.8 Å². The maximum Gasteiger partial charge on any atom is 0.418 e. The van der Waals surface area contributed by atoms with Gasteiger partial charge in [-0.05, 0) is 49.7 Å². The molecule has 2 amide bonds. The minimum absolute atomic E-state index is 0.191. The Balaban J connectivity index is 1.98. The van der Waals surface area contributed by atoms with E-state index in [2.05, 4.69) is 5.32 Å². The first-order valence-electron chi connectivity index (χ1n) is 8.74. The molecular weight excluding hydrogens is 409 g/mol. The SMILES string of the molecule is CCN(CC(=O)Nc1ccccc1C(F)(F)F)C(=O)COc1ccc(Cl)cc1C. The Morgan fingerprint density at radius 3 is 2.48 bits per heavy atom. The molecule has 29 heavy (non-hydrogen) atoms. The fourth-order valence-corrected chi connectivity index (χ4v) is 2.81. The van der Waals surface area contributed by atoms with E-state index < -0.39 is 30.1 Å². The van der Waals surface area contributed by atoms with Crippen LogP contribution >= 0.6 is 11.6 Å². The van der Waals surface area contributed by atoms with Crippen LogP contribution in [0.2, 0.25) is 5.02 Å². The van der Waals surface area contributed by atoms with Crippen LogP contribution in [0.1, 0.15) is 18.1 Å². The highest BCUT2D eigenvalue weighted by Gasteiger charge is 2.33. The molecule has 0 spiro atoms. The zero-order chi connectivity index (χ0) is 21.6. The smallest absolute Gasteiger partial charge is 0.418 e. The summed E-state index contributed by atoms with van der Waals surface area (Å²) < 4.78 is 44.6. The number of para-hydroxylation sites is 1. The summed E-state index contributed by atoms with van der Waals surface area (Å²) in [7, 11) is 0. The predicted octanol–water partition coefficient (Wildman–Crippen LogP) is 4.53. The van der Waals surface area contributed by atoms with Gasteiger partial charge in [0.2, 0.25) is 5.91 Å². The number of carbonyl (C=O) groups excluding carboxylic acids is 2. The molecule has 0 aromatic heterocycles. The maximum absolute atomic E-state index is 13.0. The van der Waals surface area contributed by atoms with Gasteiger partial charge >= 0.3 is 6.18 Å². The summed E-state index contributed by atoms with van der Waals surface area (Å²) in [4.78, 5) is 25.7. The number of carbonyl (C=O) groups is 2. The van der Waals surface area contributed by atoms with Crippen LogP contribution in [-0.2, 0) is 15.8 Å². The first kappa shape index (κ1) is 22.5. The lowest BCUT2D eigenvalue weighted by Crippen LogP contribution is -2.40. The van der Waals surface area contributed by atoms with Gasteiger partial charge in [0.1, 0.15) is 5.75 Å². The Morgan fingerprint density at radius 2 is 1.86 bits per heavy atom. The number of benzene rings is 2. The van der Waals surface area contributed by atoms with Gasteiger partial charge in [-0.3, -0.25) is 9.59 Å². The highest BCUT2D eigenvalue weighted by atomic mass is 35.5. The standard InChI is InChI=1S/C20H20ClF3N2O3/c1-3-26(19(28)12-29-17-9-8-14(21)10-13(17)2)11-18(27)25-16-7-5-4-6-15(16)20(22,23)24/h4-10H,3,11-12H2,1-2H3,(H,25,27). The molecule has 156 valence electrons. The van der Waals surface area contributed by atoms with Gasteiger partial charge in [-0.1, -0.05) is 23.7 Å². The van der Waals surface area contributed by atoms with Crippen molar-refractivity contribution in [1.82, 2.24) is 4.90 Å². The number of halogens is 4. The minimum Gasteiger partial charge on any atom is -0.483 e. The van der Waals surface area contributed by atoms with Crippen LogP contribution in [-0.4, -0.2) is 36.4 Å². The number of nitrogens with zero attached hydrogens (tertiary/aromatic N) is 1. The minimum atomic E-state index is -4.60. The zero-order valence-corrected chi connectivity index (χ0v) is 16.6. The van der Waals surface area contributed by atoms with E-state index in [1.54, 1.807) is 32.0 Å². The molecule has 2 aromatic rings. The summed E-state index contributed by atoms with van der Waals surface area (Å²) in [5, 5.41) is 2.75. The molecular formula is C20H20ClF3N2O3. The summed E-state index contributed by atoms with van der Waals surface area (Å²) in [6.07, 6.45) is -4.60. The molecule has 5 nitrogen and oxygen atoms in total. The Hall–Kier alpha value is -2.74. The van der Waals surface area contributed by atoms with Crippen molar-refractivity contribution in [1.29, 1.82) is 0 Å². The van der Waals surface area contributed by atoms with Crippen molar-refractivity contribution in [2.24, 2.45) is 0 Å². The van der Waals surface area contributed by atoms with Crippen molar-refractivity contribution >= 4 is 29.1 Å². The third kappa shape index (κ3) is 6.39. The first-order valence-corrected chi connectivity index (χ1v) is 9.12. The molecule has 0 aliphatic rings.